The Hall–Kier alpha value is -4.92. The average molecular weight is 557 g/mol. The van der Waals surface area contributed by atoms with Crippen molar-refractivity contribution in [3.63, 3.8) is 0 Å². The van der Waals surface area contributed by atoms with Crippen molar-refractivity contribution in [1.82, 2.24) is 14.8 Å². The van der Waals surface area contributed by atoms with Gasteiger partial charge in [-0.05, 0) is 48.1 Å². The summed E-state index contributed by atoms with van der Waals surface area (Å²) in [6.45, 7) is 1.51. The number of H-pyrrole nitrogens is 1. The topological polar surface area (TPSA) is 136 Å². The van der Waals surface area contributed by atoms with Crippen LogP contribution in [0.2, 0.25) is 0 Å². The molecule has 0 aliphatic rings. The molecule has 40 heavy (non-hydrogen) atoms. The van der Waals surface area contributed by atoms with E-state index in [1.807, 2.05) is 42.5 Å². The molecule has 4 rings (SSSR count). The van der Waals surface area contributed by atoms with Crippen molar-refractivity contribution in [2.45, 2.75) is 19.1 Å². The van der Waals surface area contributed by atoms with Crippen LogP contribution in [-0.2, 0) is 14.3 Å². The van der Waals surface area contributed by atoms with Crippen LogP contribution in [0.3, 0.4) is 0 Å². The Balaban J connectivity index is 1.45. The number of rotatable bonds is 10. The minimum Gasteiger partial charge on any atom is -0.549 e. The lowest BCUT2D eigenvalue weighted by atomic mass is 9.98. The highest BCUT2D eigenvalue weighted by atomic mass is 32.1. The molecule has 0 fully saturated rings. The molecule has 2 atom stereocenters. The fraction of sp³-hybridized carbons (Fsp3) is 0.172. The number of likely N-dealkylation sites (N-methyl/N-ethyl adjacent to an activating group) is 1. The number of carbonyl (C=O) groups excluding carboxylic acids is 2. The number of nitrogens with zero attached hydrogens (tertiary/aromatic N) is 3. The van der Waals surface area contributed by atoms with Gasteiger partial charge in [0.2, 0.25) is 12.2 Å². The fourth-order valence-electron chi connectivity index (χ4n) is 4.09. The second-order valence-corrected chi connectivity index (χ2v) is 9.14. The van der Waals surface area contributed by atoms with Crippen LogP contribution >= 0.6 is 12.2 Å². The number of aromatic nitrogens is 3. The van der Waals surface area contributed by atoms with Crippen LogP contribution in [-0.4, -0.2) is 51.6 Å². The summed E-state index contributed by atoms with van der Waals surface area (Å²) in [6.07, 6.45) is 0.502. The van der Waals surface area contributed by atoms with Crippen LogP contribution in [0, 0.1) is 16.8 Å². The number of aliphatic carboxylic acids is 1. The van der Waals surface area contributed by atoms with Crippen molar-refractivity contribution >= 4 is 35.5 Å². The highest BCUT2D eigenvalue weighted by Gasteiger charge is 2.24. The lowest BCUT2D eigenvalue weighted by molar-refractivity contribution is -0.313. The van der Waals surface area contributed by atoms with E-state index >= 15 is 0 Å². The number of anilines is 2. The maximum atomic E-state index is 12.9. The molecule has 10 nitrogen and oxygen atoms in total. The molecule has 0 radical (unpaired) electrons. The zero-order valence-electron chi connectivity index (χ0n) is 21.7. The van der Waals surface area contributed by atoms with E-state index in [2.05, 4.69) is 27.5 Å². The molecule has 2 unspecified atom stereocenters. The number of hydrogen-bond donors (Lipinski definition) is 3. The molecular weight excluding hydrogens is 530 g/mol. The largest absolute Gasteiger partial charge is 0.549 e. The molecule has 0 saturated heterocycles. The molecule has 3 aromatic carbocycles. The van der Waals surface area contributed by atoms with E-state index in [9.17, 15) is 19.8 Å². The summed E-state index contributed by atoms with van der Waals surface area (Å²) in [5, 5.41) is 31.7. The summed E-state index contributed by atoms with van der Waals surface area (Å²) in [6, 6.07) is 23.2. The predicted octanol–water partition coefficient (Wildman–Crippen LogP) is 2.82. The van der Waals surface area contributed by atoms with Gasteiger partial charge in [0, 0.05) is 30.9 Å². The van der Waals surface area contributed by atoms with Gasteiger partial charge in [-0.2, -0.15) is 5.10 Å². The normalized spacial score (nSPS) is 12.0. The Morgan fingerprint density at radius 2 is 1.88 bits per heavy atom. The Labute approximate surface area is 235 Å². The number of benzene rings is 3. The Kier molecular flexibility index (Phi) is 8.96. The molecule has 0 aliphatic heterocycles. The molecule has 0 bridgehead atoms. The van der Waals surface area contributed by atoms with Crippen LogP contribution in [0.15, 0.2) is 78.9 Å². The van der Waals surface area contributed by atoms with Crippen molar-refractivity contribution < 1.29 is 24.5 Å². The van der Waals surface area contributed by atoms with Crippen LogP contribution in [0.25, 0.3) is 17.1 Å². The monoisotopic (exact) mass is 556 g/mol. The third-order valence-corrected chi connectivity index (χ3v) is 6.26. The second kappa shape index (κ2) is 12.8. The van der Waals surface area contributed by atoms with Crippen molar-refractivity contribution in [2.24, 2.45) is 0 Å². The lowest BCUT2D eigenvalue weighted by Crippen LogP contribution is -2.37. The molecule has 1 amide bonds. The van der Waals surface area contributed by atoms with E-state index in [4.69, 9.17) is 17.0 Å². The molecule has 0 spiro atoms. The first-order chi connectivity index (χ1) is 19.3. The van der Waals surface area contributed by atoms with Gasteiger partial charge in [0.25, 0.3) is 0 Å². The van der Waals surface area contributed by atoms with Gasteiger partial charge in [0.1, 0.15) is 6.11 Å². The number of carbonyl (C=O) groups is 2. The number of aromatic amines is 1. The van der Waals surface area contributed by atoms with Crippen molar-refractivity contribution in [3.05, 3.63) is 89.2 Å². The molecule has 1 heterocycles. The van der Waals surface area contributed by atoms with E-state index in [0.29, 0.717) is 22.0 Å². The molecule has 0 aliphatic carbocycles. The molecule has 0 saturated carbocycles. The third-order valence-electron chi connectivity index (χ3n) is 5.99. The molecule has 3 N–H and O–H groups in total. The smallest absolute Gasteiger partial charge is 0.243 e. The highest BCUT2D eigenvalue weighted by molar-refractivity contribution is 7.71. The van der Waals surface area contributed by atoms with Gasteiger partial charge in [-0.15, -0.1) is 0 Å². The van der Waals surface area contributed by atoms with Crippen LogP contribution in [0.5, 0.6) is 0 Å². The van der Waals surface area contributed by atoms with E-state index in [-0.39, 0.29) is 18.0 Å². The van der Waals surface area contributed by atoms with E-state index in [1.54, 1.807) is 40.8 Å². The van der Waals surface area contributed by atoms with Gasteiger partial charge >= 0.3 is 0 Å². The number of amides is 1. The number of aliphatic hydroxyl groups is 1. The van der Waals surface area contributed by atoms with E-state index < -0.39 is 18.2 Å². The zero-order valence-corrected chi connectivity index (χ0v) is 22.5. The van der Waals surface area contributed by atoms with Crippen LogP contribution in [0.1, 0.15) is 18.4 Å². The number of hydrogen-bond acceptors (Lipinski definition) is 8. The standard InChI is InChI=1S/C29H27N5O5S/c1-3-16-39-28(38)25(27(36)37)19-12-14-22(15-13-19)33(2)18-24(35)30-21-10-7-11-23(17-21)34-26(31-32-29(34)40)20-8-5-4-6-9-20/h4-15,17,25,28,38H,18H2,1-2H3,(H,30,35)(H,32,40)(H,36,37)/p-1. The Bertz CT molecular complexity index is 1610. The minimum atomic E-state index is -1.69. The molecular formula is C29H26N5O5S-. The maximum Gasteiger partial charge on any atom is 0.243 e. The predicted molar refractivity (Wildman–Crippen MR) is 151 cm³/mol. The fourth-order valence-corrected chi connectivity index (χ4v) is 4.33. The third kappa shape index (κ3) is 6.55. The Morgan fingerprint density at radius 3 is 2.55 bits per heavy atom. The summed E-state index contributed by atoms with van der Waals surface area (Å²) in [5.41, 5.74) is 3.13. The summed E-state index contributed by atoms with van der Waals surface area (Å²) in [4.78, 5) is 26.1. The van der Waals surface area contributed by atoms with Crippen molar-refractivity contribution in [2.75, 3.05) is 23.8 Å². The van der Waals surface area contributed by atoms with Gasteiger partial charge in [-0.1, -0.05) is 54.5 Å². The quantitative estimate of drug-likeness (QED) is 0.154. The van der Waals surface area contributed by atoms with Crippen molar-refractivity contribution in [1.29, 1.82) is 0 Å². The van der Waals surface area contributed by atoms with Gasteiger partial charge in [-0.3, -0.25) is 14.5 Å². The summed E-state index contributed by atoms with van der Waals surface area (Å²) < 4.78 is 7.04. The second-order valence-electron chi connectivity index (χ2n) is 8.76. The number of carboxylic acids is 1. The van der Waals surface area contributed by atoms with Gasteiger partial charge < -0.3 is 30.0 Å². The number of ether oxygens (including phenoxy) is 1. The lowest BCUT2D eigenvalue weighted by Gasteiger charge is -2.24. The Morgan fingerprint density at radius 1 is 1.15 bits per heavy atom. The number of carboxylic acid groups (broad SMARTS) is 1. The van der Waals surface area contributed by atoms with Gasteiger partial charge in [0.15, 0.2) is 10.6 Å². The number of nitrogens with one attached hydrogen (secondary N) is 2. The van der Waals surface area contributed by atoms with Crippen LogP contribution in [0.4, 0.5) is 11.4 Å². The summed E-state index contributed by atoms with van der Waals surface area (Å²) in [5.74, 6) is -0.121. The van der Waals surface area contributed by atoms with Gasteiger partial charge in [-0.25, -0.2) is 0 Å². The van der Waals surface area contributed by atoms with E-state index in [1.165, 1.54) is 19.1 Å². The highest BCUT2D eigenvalue weighted by Crippen LogP contribution is 2.25. The first-order valence-electron chi connectivity index (χ1n) is 12.2. The molecule has 11 heteroatoms. The van der Waals surface area contributed by atoms with Crippen molar-refractivity contribution in [3.8, 4) is 29.1 Å². The summed E-state index contributed by atoms with van der Waals surface area (Å²) >= 11 is 5.46. The molecule has 4 aromatic rings. The number of aliphatic hydroxyl groups excluding tert-OH is 1. The first kappa shape index (κ1) is 28.1. The van der Waals surface area contributed by atoms with Crippen LogP contribution < -0.4 is 15.3 Å². The average Bonchev–Trinajstić information content (AvgIpc) is 3.34. The van der Waals surface area contributed by atoms with E-state index in [0.717, 1.165) is 11.3 Å². The molecule has 204 valence electrons. The zero-order chi connectivity index (χ0) is 28.6. The maximum absolute atomic E-state index is 12.9. The molecule has 1 aromatic heterocycles. The minimum absolute atomic E-state index is 0.0196. The first-order valence-corrected chi connectivity index (χ1v) is 12.6. The SMILES string of the molecule is CC#COC(O)C(C(=O)[O-])c1ccc(N(C)CC(=O)Nc2cccc(-n3c(-c4ccccc4)n[nH]c3=S)c2)cc1. The van der Waals surface area contributed by atoms with Gasteiger partial charge in [0.05, 0.1) is 24.1 Å². The summed E-state index contributed by atoms with van der Waals surface area (Å²) in [7, 11) is 1.73.